The molecule has 0 aromatic carbocycles. The van der Waals surface area contributed by atoms with Crippen LogP contribution in [0, 0.1) is 11.8 Å². The number of hydrogen-bond acceptors (Lipinski definition) is 4. The summed E-state index contributed by atoms with van der Waals surface area (Å²) in [6.45, 7) is 16.5. The van der Waals surface area contributed by atoms with Gasteiger partial charge in [-0.15, -0.1) is 0 Å². The van der Waals surface area contributed by atoms with Gasteiger partial charge in [-0.1, -0.05) is 119 Å². The minimum atomic E-state index is -3.15. The van der Waals surface area contributed by atoms with Gasteiger partial charge in [0.2, 0.25) is 0 Å². The normalized spacial score (nSPS) is 15.5. The van der Waals surface area contributed by atoms with Crippen LogP contribution in [0.1, 0.15) is 144 Å². The second-order valence-electron chi connectivity index (χ2n) is 10.4. The molecule has 34 heavy (non-hydrogen) atoms. The van der Waals surface area contributed by atoms with E-state index in [1.807, 2.05) is 0 Å². The minimum Gasteiger partial charge on any atom is -0.307 e. The van der Waals surface area contributed by atoms with Crippen molar-refractivity contribution in [3.8, 4) is 0 Å². The molecule has 0 aromatic rings. The van der Waals surface area contributed by atoms with E-state index in [0.29, 0.717) is 31.3 Å². The molecular weight excluding hydrogens is 441 g/mol. The van der Waals surface area contributed by atoms with Gasteiger partial charge >= 0.3 is 7.60 Å². The van der Waals surface area contributed by atoms with Crippen LogP contribution in [0.4, 0.5) is 0 Å². The Hall–Kier alpha value is 0.110. The Balaban J connectivity index is 5.15. The maximum Gasteiger partial charge on any atom is 0.344 e. The Bertz CT molecular complexity index is 450. The highest BCUT2D eigenvalue weighted by Gasteiger charge is 2.30. The van der Waals surface area contributed by atoms with Crippen LogP contribution >= 0.6 is 7.60 Å². The molecule has 4 nitrogen and oxygen atoms in total. The summed E-state index contributed by atoms with van der Waals surface area (Å²) in [6.07, 6.45) is 19.7. The first kappa shape index (κ1) is 34.1. The van der Waals surface area contributed by atoms with Crippen molar-refractivity contribution in [1.82, 2.24) is 4.90 Å². The van der Waals surface area contributed by atoms with Crippen molar-refractivity contribution < 1.29 is 13.6 Å². The van der Waals surface area contributed by atoms with Gasteiger partial charge in [0.15, 0.2) is 0 Å². The van der Waals surface area contributed by atoms with Crippen LogP contribution in [0.15, 0.2) is 0 Å². The zero-order chi connectivity index (χ0) is 25.5. The summed E-state index contributed by atoms with van der Waals surface area (Å²) in [5, 5.41) is 0. The molecule has 0 aromatic heterocycles. The fourth-order valence-electron chi connectivity index (χ4n) is 4.35. The third-order valence-corrected chi connectivity index (χ3v) is 8.96. The van der Waals surface area contributed by atoms with Crippen LogP contribution in [-0.4, -0.2) is 37.5 Å². The molecule has 0 radical (unpaired) electrons. The van der Waals surface area contributed by atoms with Gasteiger partial charge in [0, 0.05) is 0 Å². The standard InChI is InChI=1S/C29H62NO3P/c1-7-13-17-18-19-20-24-30(23-16-10-4)27-34(31,32-25-28(11-5)21-14-8-2)33-26-29(12-6)22-15-9-3/h28-29H,7-27H2,1-6H3. The highest BCUT2D eigenvalue weighted by atomic mass is 31.2. The largest absolute Gasteiger partial charge is 0.344 e. The molecule has 0 rings (SSSR count). The summed E-state index contributed by atoms with van der Waals surface area (Å²) in [5.74, 6) is 0.947. The van der Waals surface area contributed by atoms with Crippen LogP contribution in [0.25, 0.3) is 0 Å². The molecular formula is C29H62NO3P. The lowest BCUT2D eigenvalue weighted by atomic mass is 10.0. The molecule has 0 N–H and O–H groups in total. The molecule has 0 aliphatic rings. The third-order valence-electron chi connectivity index (χ3n) is 7.13. The van der Waals surface area contributed by atoms with Crippen molar-refractivity contribution in [2.24, 2.45) is 11.8 Å². The molecule has 0 bridgehead atoms. The van der Waals surface area contributed by atoms with E-state index in [0.717, 1.165) is 51.6 Å². The number of unbranched alkanes of at least 4 members (excludes halogenated alkanes) is 8. The fourth-order valence-corrected chi connectivity index (χ4v) is 6.24. The zero-order valence-electron chi connectivity index (χ0n) is 24.1. The number of hydrogen-bond donors (Lipinski definition) is 0. The predicted molar refractivity (Wildman–Crippen MR) is 151 cm³/mol. The molecule has 0 fully saturated rings. The van der Waals surface area contributed by atoms with Crippen LogP contribution in [0.3, 0.4) is 0 Å². The second kappa shape index (κ2) is 23.5. The van der Waals surface area contributed by atoms with Gasteiger partial charge in [-0.25, -0.2) is 0 Å². The fraction of sp³-hybridized carbons (Fsp3) is 1.00. The monoisotopic (exact) mass is 503 g/mol. The van der Waals surface area contributed by atoms with Gasteiger partial charge in [0.05, 0.1) is 13.2 Å². The minimum absolute atomic E-state index is 0.455. The number of nitrogens with zero attached hydrogens (tertiary/aromatic N) is 1. The van der Waals surface area contributed by atoms with Gasteiger partial charge in [-0.05, 0) is 50.6 Å². The van der Waals surface area contributed by atoms with Crippen LogP contribution in [0.5, 0.6) is 0 Å². The van der Waals surface area contributed by atoms with E-state index in [9.17, 15) is 4.57 Å². The first-order chi connectivity index (χ1) is 16.5. The SMILES string of the molecule is CCCCCCCCN(CCCC)CP(=O)(OCC(CC)CCCC)OCC(CC)CCCC. The summed E-state index contributed by atoms with van der Waals surface area (Å²) in [6, 6.07) is 0. The predicted octanol–water partition coefficient (Wildman–Crippen LogP) is 10.1. The van der Waals surface area contributed by atoms with E-state index >= 15 is 0 Å². The molecule has 0 saturated carbocycles. The third kappa shape index (κ3) is 18.4. The Morgan fingerprint density at radius 3 is 1.50 bits per heavy atom. The molecule has 0 amide bonds. The van der Waals surface area contributed by atoms with E-state index < -0.39 is 7.60 Å². The zero-order valence-corrected chi connectivity index (χ0v) is 25.0. The molecule has 0 aliphatic carbocycles. The first-order valence-electron chi connectivity index (χ1n) is 15.1. The van der Waals surface area contributed by atoms with E-state index in [2.05, 4.69) is 46.4 Å². The van der Waals surface area contributed by atoms with E-state index in [1.54, 1.807) is 0 Å². The lowest BCUT2D eigenvalue weighted by molar-refractivity contribution is 0.138. The first-order valence-corrected chi connectivity index (χ1v) is 16.8. The van der Waals surface area contributed by atoms with Crippen LogP contribution in [-0.2, 0) is 13.6 Å². The van der Waals surface area contributed by atoms with Crippen LogP contribution in [0.2, 0.25) is 0 Å². The summed E-state index contributed by atoms with van der Waals surface area (Å²) in [4.78, 5) is 2.38. The molecule has 5 heteroatoms. The van der Waals surface area contributed by atoms with Gasteiger partial charge in [0.25, 0.3) is 0 Å². The molecule has 2 unspecified atom stereocenters. The van der Waals surface area contributed by atoms with E-state index in [1.165, 1.54) is 64.2 Å². The average molecular weight is 504 g/mol. The van der Waals surface area contributed by atoms with Crippen molar-refractivity contribution in [3.05, 3.63) is 0 Å². The molecule has 0 saturated heterocycles. The summed E-state index contributed by atoms with van der Waals surface area (Å²) < 4.78 is 26.5. The van der Waals surface area contributed by atoms with Gasteiger partial charge in [0.1, 0.15) is 6.29 Å². The maximum absolute atomic E-state index is 14.1. The van der Waals surface area contributed by atoms with Crippen molar-refractivity contribution in [1.29, 1.82) is 0 Å². The summed E-state index contributed by atoms with van der Waals surface area (Å²) >= 11 is 0. The molecule has 206 valence electrons. The van der Waals surface area contributed by atoms with Gasteiger partial charge < -0.3 is 9.05 Å². The highest BCUT2D eigenvalue weighted by molar-refractivity contribution is 7.53. The van der Waals surface area contributed by atoms with Gasteiger partial charge in [-0.3, -0.25) is 9.46 Å². The Morgan fingerprint density at radius 2 is 1.03 bits per heavy atom. The molecule has 2 atom stereocenters. The number of rotatable bonds is 26. The molecule has 0 heterocycles. The second-order valence-corrected chi connectivity index (χ2v) is 12.4. The summed E-state index contributed by atoms with van der Waals surface area (Å²) in [7, 11) is -3.15. The van der Waals surface area contributed by atoms with Crippen molar-refractivity contribution in [2.45, 2.75) is 144 Å². The van der Waals surface area contributed by atoms with Gasteiger partial charge in [-0.2, -0.15) is 0 Å². The average Bonchev–Trinajstić information content (AvgIpc) is 2.84. The Morgan fingerprint density at radius 1 is 0.588 bits per heavy atom. The Kier molecular flexibility index (Phi) is 23.6. The smallest absolute Gasteiger partial charge is 0.307 e. The van der Waals surface area contributed by atoms with Crippen molar-refractivity contribution in [2.75, 3.05) is 32.6 Å². The van der Waals surface area contributed by atoms with Crippen LogP contribution < -0.4 is 0 Å². The molecule has 0 spiro atoms. The van der Waals surface area contributed by atoms with E-state index in [-0.39, 0.29) is 0 Å². The van der Waals surface area contributed by atoms with E-state index in [4.69, 9.17) is 9.05 Å². The summed E-state index contributed by atoms with van der Waals surface area (Å²) in [5.41, 5.74) is 0. The lowest BCUT2D eigenvalue weighted by Gasteiger charge is -2.29. The lowest BCUT2D eigenvalue weighted by Crippen LogP contribution is -2.29. The van der Waals surface area contributed by atoms with Crippen molar-refractivity contribution in [3.63, 3.8) is 0 Å². The maximum atomic E-state index is 14.1. The Labute approximate surface area is 214 Å². The topological polar surface area (TPSA) is 38.8 Å². The van der Waals surface area contributed by atoms with Crippen molar-refractivity contribution >= 4 is 7.60 Å². The quantitative estimate of drug-likeness (QED) is 0.0869. The highest BCUT2D eigenvalue weighted by Crippen LogP contribution is 2.50. The molecule has 0 aliphatic heterocycles.